The highest BCUT2D eigenvalue weighted by Crippen LogP contribution is 2.12. The molecule has 0 saturated carbocycles. The Morgan fingerprint density at radius 2 is 2.12 bits per heavy atom. The number of amides is 1. The van der Waals surface area contributed by atoms with Gasteiger partial charge in [-0.3, -0.25) is 4.79 Å². The van der Waals surface area contributed by atoms with Crippen LogP contribution in [0.15, 0.2) is 18.2 Å². The second-order valence-corrected chi connectivity index (χ2v) is 4.43. The van der Waals surface area contributed by atoms with Gasteiger partial charge in [-0.2, -0.15) is 0 Å². The van der Waals surface area contributed by atoms with E-state index in [2.05, 4.69) is 0 Å². The van der Waals surface area contributed by atoms with Crippen molar-refractivity contribution in [1.29, 1.82) is 0 Å². The topological polar surface area (TPSA) is 46.3 Å². The number of aryl methyl sites for hydroxylation is 1. The minimum absolute atomic E-state index is 0.230. The van der Waals surface area contributed by atoms with Gasteiger partial charge in [0.05, 0.1) is 11.0 Å². The zero-order valence-corrected chi connectivity index (χ0v) is 10.8. The number of hydrogen-bond acceptors (Lipinski definition) is 2. The smallest absolute Gasteiger partial charge is 0.254 e. The molecule has 1 atom stereocenters. The number of thiocarbonyl (C=S) groups is 1. The third-order valence-corrected chi connectivity index (χ3v) is 3.07. The van der Waals surface area contributed by atoms with Gasteiger partial charge in [0.25, 0.3) is 5.91 Å². The summed E-state index contributed by atoms with van der Waals surface area (Å²) in [5.41, 5.74) is 6.27. The van der Waals surface area contributed by atoms with E-state index in [1.807, 2.05) is 0 Å². The van der Waals surface area contributed by atoms with Crippen molar-refractivity contribution in [3.05, 3.63) is 35.1 Å². The summed E-state index contributed by atoms with van der Waals surface area (Å²) < 4.78 is 13.3. The number of carbonyl (C=O) groups excluding carboxylic acids is 1. The van der Waals surface area contributed by atoms with Crippen molar-refractivity contribution in [1.82, 2.24) is 4.90 Å². The fourth-order valence-electron chi connectivity index (χ4n) is 1.30. The Balaban J connectivity index is 2.96. The van der Waals surface area contributed by atoms with Gasteiger partial charge < -0.3 is 10.6 Å². The van der Waals surface area contributed by atoms with Crippen LogP contribution in [0.2, 0.25) is 0 Å². The van der Waals surface area contributed by atoms with E-state index in [-0.39, 0.29) is 16.9 Å². The monoisotopic (exact) mass is 254 g/mol. The maximum Gasteiger partial charge on any atom is 0.254 e. The first kappa shape index (κ1) is 13.6. The third kappa shape index (κ3) is 3.00. The van der Waals surface area contributed by atoms with E-state index in [0.29, 0.717) is 11.1 Å². The highest BCUT2D eigenvalue weighted by Gasteiger charge is 2.19. The maximum atomic E-state index is 13.3. The molecule has 0 aliphatic carbocycles. The van der Waals surface area contributed by atoms with Gasteiger partial charge in [-0.05, 0) is 31.5 Å². The molecule has 3 nitrogen and oxygen atoms in total. The number of hydrogen-bond donors (Lipinski definition) is 1. The Morgan fingerprint density at radius 1 is 1.53 bits per heavy atom. The van der Waals surface area contributed by atoms with Gasteiger partial charge in [-0.1, -0.05) is 18.3 Å². The largest absolute Gasteiger partial charge is 0.392 e. The molecule has 17 heavy (non-hydrogen) atoms. The molecular weight excluding hydrogens is 239 g/mol. The lowest BCUT2D eigenvalue weighted by atomic mass is 10.1. The molecule has 1 aromatic rings. The first-order chi connectivity index (χ1) is 7.84. The normalized spacial score (nSPS) is 12.0. The molecular formula is C12H15FN2OS. The first-order valence-electron chi connectivity index (χ1n) is 5.17. The highest BCUT2D eigenvalue weighted by atomic mass is 32.1. The van der Waals surface area contributed by atoms with Gasteiger partial charge in [0.2, 0.25) is 0 Å². The van der Waals surface area contributed by atoms with Crippen molar-refractivity contribution in [3.8, 4) is 0 Å². The minimum atomic E-state index is -0.396. The van der Waals surface area contributed by atoms with E-state index < -0.39 is 5.82 Å². The van der Waals surface area contributed by atoms with Crippen molar-refractivity contribution in [2.24, 2.45) is 5.73 Å². The van der Waals surface area contributed by atoms with Crippen molar-refractivity contribution in [2.45, 2.75) is 19.9 Å². The number of halogens is 1. The highest BCUT2D eigenvalue weighted by molar-refractivity contribution is 7.80. The van der Waals surface area contributed by atoms with Crippen molar-refractivity contribution < 1.29 is 9.18 Å². The molecule has 2 N–H and O–H groups in total. The number of benzene rings is 1. The SMILES string of the molecule is Cc1ccc(C(=O)N(C)C(C)C(N)=S)cc1F. The maximum absolute atomic E-state index is 13.3. The summed E-state index contributed by atoms with van der Waals surface area (Å²) in [4.78, 5) is 13.6. The Bertz CT molecular complexity index is 462. The van der Waals surface area contributed by atoms with Crippen molar-refractivity contribution >= 4 is 23.1 Å². The molecule has 0 spiro atoms. The minimum Gasteiger partial charge on any atom is -0.392 e. The van der Waals surface area contributed by atoms with Crippen LogP contribution in [0.5, 0.6) is 0 Å². The lowest BCUT2D eigenvalue weighted by molar-refractivity contribution is 0.0778. The molecule has 0 fully saturated rings. The number of likely N-dealkylation sites (N-methyl/N-ethyl adjacent to an activating group) is 1. The second kappa shape index (κ2) is 5.23. The number of nitrogens with zero attached hydrogens (tertiary/aromatic N) is 1. The van der Waals surface area contributed by atoms with E-state index in [1.165, 1.54) is 11.0 Å². The third-order valence-electron chi connectivity index (χ3n) is 2.73. The van der Waals surface area contributed by atoms with E-state index in [9.17, 15) is 9.18 Å². The van der Waals surface area contributed by atoms with Crippen LogP contribution in [0.4, 0.5) is 4.39 Å². The lowest BCUT2D eigenvalue weighted by Gasteiger charge is -2.24. The molecule has 1 rings (SSSR count). The summed E-state index contributed by atoms with van der Waals surface area (Å²) in [6, 6.07) is 4.02. The van der Waals surface area contributed by atoms with Crippen LogP contribution in [0.3, 0.4) is 0 Å². The summed E-state index contributed by atoms with van der Waals surface area (Å²) >= 11 is 4.82. The molecule has 0 aliphatic heterocycles. The van der Waals surface area contributed by atoms with Gasteiger partial charge in [0, 0.05) is 12.6 Å². The average Bonchev–Trinajstić information content (AvgIpc) is 2.29. The molecule has 5 heteroatoms. The fourth-order valence-corrected chi connectivity index (χ4v) is 1.45. The Morgan fingerprint density at radius 3 is 2.59 bits per heavy atom. The first-order valence-corrected chi connectivity index (χ1v) is 5.58. The number of carbonyl (C=O) groups is 1. The Hall–Kier alpha value is -1.49. The van der Waals surface area contributed by atoms with Crippen LogP contribution < -0.4 is 5.73 Å². The molecule has 1 aromatic carbocycles. The second-order valence-electron chi connectivity index (χ2n) is 3.96. The molecule has 0 aliphatic rings. The fraction of sp³-hybridized carbons (Fsp3) is 0.333. The van der Waals surface area contributed by atoms with E-state index in [4.69, 9.17) is 18.0 Å². The standard InChI is InChI=1S/C12H15FN2OS/c1-7-4-5-9(6-10(7)13)12(16)15(3)8(2)11(14)17/h4-6,8H,1-3H3,(H2,14,17). The van der Waals surface area contributed by atoms with E-state index in [0.717, 1.165) is 0 Å². The Labute approximate surface area is 105 Å². The lowest BCUT2D eigenvalue weighted by Crippen LogP contribution is -2.42. The van der Waals surface area contributed by atoms with Gasteiger partial charge >= 0.3 is 0 Å². The molecule has 0 heterocycles. The predicted octanol–water partition coefficient (Wildman–Crippen LogP) is 1.88. The molecule has 1 amide bonds. The molecule has 1 unspecified atom stereocenters. The van der Waals surface area contributed by atoms with Crippen molar-refractivity contribution in [3.63, 3.8) is 0 Å². The van der Waals surface area contributed by atoms with E-state index >= 15 is 0 Å². The predicted molar refractivity (Wildman–Crippen MR) is 69.5 cm³/mol. The van der Waals surface area contributed by atoms with Crippen LogP contribution in [0.1, 0.15) is 22.8 Å². The quantitative estimate of drug-likeness (QED) is 0.838. The van der Waals surface area contributed by atoms with Crippen LogP contribution in [-0.4, -0.2) is 28.9 Å². The van der Waals surface area contributed by atoms with Crippen LogP contribution >= 0.6 is 12.2 Å². The summed E-state index contributed by atoms with van der Waals surface area (Å²) in [5, 5.41) is 0. The zero-order valence-electron chi connectivity index (χ0n) is 10.0. The van der Waals surface area contributed by atoms with Gasteiger partial charge in [-0.25, -0.2) is 4.39 Å². The van der Waals surface area contributed by atoms with Crippen LogP contribution in [0.25, 0.3) is 0 Å². The number of rotatable bonds is 3. The summed E-state index contributed by atoms with van der Waals surface area (Å²) in [7, 11) is 1.59. The van der Waals surface area contributed by atoms with Crippen LogP contribution in [-0.2, 0) is 0 Å². The summed E-state index contributed by atoms with van der Waals surface area (Å²) in [5.74, 6) is -0.698. The molecule has 92 valence electrons. The van der Waals surface area contributed by atoms with E-state index in [1.54, 1.807) is 33.0 Å². The molecule has 0 radical (unpaired) electrons. The van der Waals surface area contributed by atoms with Gasteiger partial charge in [0.1, 0.15) is 5.82 Å². The average molecular weight is 254 g/mol. The summed E-state index contributed by atoms with van der Waals surface area (Å²) in [6.07, 6.45) is 0. The van der Waals surface area contributed by atoms with Crippen molar-refractivity contribution in [2.75, 3.05) is 7.05 Å². The van der Waals surface area contributed by atoms with Gasteiger partial charge in [-0.15, -0.1) is 0 Å². The molecule has 0 saturated heterocycles. The van der Waals surface area contributed by atoms with Crippen LogP contribution in [0, 0.1) is 12.7 Å². The summed E-state index contributed by atoms with van der Waals surface area (Å²) in [6.45, 7) is 3.37. The Kier molecular flexibility index (Phi) is 4.17. The zero-order chi connectivity index (χ0) is 13.2. The molecule has 0 bridgehead atoms. The van der Waals surface area contributed by atoms with Gasteiger partial charge in [0.15, 0.2) is 0 Å². The number of nitrogens with two attached hydrogens (primary N) is 1. The molecule has 0 aromatic heterocycles.